The van der Waals surface area contributed by atoms with Crippen LogP contribution in [0, 0.1) is 17.8 Å². The van der Waals surface area contributed by atoms with Gasteiger partial charge in [-0.1, -0.05) is 102 Å². The van der Waals surface area contributed by atoms with E-state index in [9.17, 15) is 68.1 Å². The summed E-state index contributed by atoms with van der Waals surface area (Å²) in [6.45, 7) is 7.98. The summed E-state index contributed by atoms with van der Waals surface area (Å²) in [6, 6.07) is 3.46. The molecule has 0 bridgehead atoms. The van der Waals surface area contributed by atoms with Crippen molar-refractivity contribution < 1.29 is 68.1 Å². The molecule has 0 unspecified atom stereocenters. The zero-order valence-corrected chi connectivity index (χ0v) is 49.6. The predicted molar refractivity (Wildman–Crippen MR) is 315 cm³/mol. The van der Waals surface area contributed by atoms with Gasteiger partial charge in [0.05, 0.1) is 25.8 Å². The van der Waals surface area contributed by atoms with Gasteiger partial charge < -0.3 is 80.0 Å². The molecule has 0 fully saturated rings. The Balaban J connectivity index is 2.31. The molecule has 0 spiro atoms. The van der Waals surface area contributed by atoms with Crippen molar-refractivity contribution in [3.63, 3.8) is 0 Å². The molecular weight excluding hydrogens is 1120 g/mol. The van der Waals surface area contributed by atoms with Gasteiger partial charge >= 0.3 is 5.97 Å². The lowest BCUT2D eigenvalue weighted by Crippen LogP contribution is -2.62. The van der Waals surface area contributed by atoms with Crippen LogP contribution in [-0.2, 0) is 65.6 Å². The lowest BCUT2D eigenvalue weighted by atomic mass is 9.98. The van der Waals surface area contributed by atoms with Gasteiger partial charge in [0.1, 0.15) is 54.4 Å². The molecule has 17 N–H and O–H groups in total. The molecule has 26 nitrogen and oxygen atoms in total. The second-order valence-corrected chi connectivity index (χ2v) is 21.8. The summed E-state index contributed by atoms with van der Waals surface area (Å²) in [6.07, 6.45) is 0.514. The van der Waals surface area contributed by atoms with Crippen LogP contribution in [0.5, 0.6) is 0 Å². The molecule has 0 aliphatic rings. The van der Waals surface area contributed by atoms with Gasteiger partial charge in [-0.25, -0.2) is 4.79 Å². The minimum atomic E-state index is -1.72. The standard InChI is InChI=1S/C55H86N12O14S2/c1-30(2)21-37(61-49(74)39(23-33-15-9-7-10-16-33)59-44(70)25-58-46(71)35(57)28-82)48(73)65-41(26-68)52(77)60-36(19-13-14-20-56)47(72)64-42(27-69)53(78)62-38(22-31(3)4)51(76)67-45(32(5)6)54(79)63-40(24-34-17-11-8-12-18-34)50(75)66-43(29-83)55(80)81/h7-12,15-18,30-32,35-43,45,68-69,82-83H,13-14,19-29,56-57H2,1-6H3,(H,58,71)(H,59,70)(H,60,77)(H,61,74)(H,62,78)(H,63,79)(H,64,72)(H,65,73)(H,66,75)(H,67,76)(H,80,81)/t35-,36-,37-,38-,39+,40-,41-,42-,43-,45-/m0/s1. The highest BCUT2D eigenvalue weighted by atomic mass is 32.1. The lowest BCUT2D eigenvalue weighted by Gasteiger charge is -2.29. The van der Waals surface area contributed by atoms with Crippen LogP contribution in [0.25, 0.3) is 0 Å². The van der Waals surface area contributed by atoms with E-state index in [1.807, 2.05) is 0 Å². The van der Waals surface area contributed by atoms with Crippen LogP contribution in [0.15, 0.2) is 60.7 Å². The van der Waals surface area contributed by atoms with E-state index in [4.69, 9.17) is 11.5 Å². The van der Waals surface area contributed by atoms with Crippen molar-refractivity contribution in [1.29, 1.82) is 0 Å². The third kappa shape index (κ3) is 26.5. The van der Waals surface area contributed by atoms with E-state index in [1.54, 1.807) is 102 Å². The number of aliphatic carboxylic acids is 1. The van der Waals surface area contributed by atoms with Crippen LogP contribution in [0.4, 0.5) is 0 Å². The van der Waals surface area contributed by atoms with Crippen LogP contribution in [0.3, 0.4) is 0 Å². The number of aliphatic hydroxyl groups excluding tert-OH is 2. The number of thiol groups is 2. The zero-order chi connectivity index (χ0) is 62.3. The Hall–Kier alpha value is -6.85. The van der Waals surface area contributed by atoms with Gasteiger partial charge in [0.2, 0.25) is 59.1 Å². The Kier molecular flexibility index (Phi) is 33.2. The number of nitrogens with two attached hydrogens (primary N) is 2. The summed E-state index contributed by atoms with van der Waals surface area (Å²) in [7, 11) is 0. The Labute approximate surface area is 495 Å². The molecule has 0 radical (unpaired) electrons. The van der Waals surface area contributed by atoms with Crippen molar-refractivity contribution in [1.82, 2.24) is 53.2 Å². The van der Waals surface area contributed by atoms with Crippen LogP contribution >= 0.6 is 25.3 Å². The Morgan fingerprint density at radius 3 is 1.27 bits per heavy atom. The highest BCUT2D eigenvalue weighted by molar-refractivity contribution is 7.80. The Bertz CT molecular complexity index is 2450. The zero-order valence-electron chi connectivity index (χ0n) is 47.9. The Morgan fingerprint density at radius 2 is 0.855 bits per heavy atom. The van der Waals surface area contributed by atoms with Crippen molar-refractivity contribution in [2.45, 2.75) is 147 Å². The van der Waals surface area contributed by atoms with Crippen LogP contribution < -0.4 is 64.6 Å². The largest absolute Gasteiger partial charge is 0.480 e. The monoisotopic (exact) mass is 1200 g/mol. The third-order valence-corrected chi connectivity index (χ3v) is 13.5. The van der Waals surface area contributed by atoms with E-state index in [0.717, 1.165) is 0 Å². The number of hydrogen-bond acceptors (Lipinski definition) is 17. The van der Waals surface area contributed by atoms with Crippen LogP contribution in [0.1, 0.15) is 84.8 Å². The molecule has 10 atom stereocenters. The minimum Gasteiger partial charge on any atom is -0.480 e. The number of aliphatic hydroxyl groups is 2. The molecule has 83 heavy (non-hydrogen) atoms. The number of carboxylic acids is 1. The van der Waals surface area contributed by atoms with E-state index < -0.39 is 151 Å². The second kappa shape index (κ2) is 38.1. The molecule has 10 amide bonds. The maximum atomic E-state index is 14.1. The van der Waals surface area contributed by atoms with E-state index in [1.165, 1.54) is 0 Å². The normalized spacial score (nSPS) is 14.8. The molecule has 2 rings (SSSR count). The van der Waals surface area contributed by atoms with Crippen LogP contribution in [-0.4, -0.2) is 179 Å². The maximum absolute atomic E-state index is 14.1. The number of carboxylic acid groups (broad SMARTS) is 1. The number of carbonyl (C=O) groups is 11. The number of hydrogen-bond donors (Lipinski definition) is 17. The molecular formula is C55H86N12O14S2. The summed E-state index contributed by atoms with van der Waals surface area (Å²) >= 11 is 7.99. The van der Waals surface area contributed by atoms with Gasteiger partial charge in [0.15, 0.2) is 0 Å². The molecule has 0 aromatic heterocycles. The number of nitrogens with one attached hydrogen (secondary N) is 10. The summed E-state index contributed by atoms with van der Waals surface area (Å²) in [5.41, 5.74) is 12.7. The molecule has 0 saturated carbocycles. The molecule has 28 heteroatoms. The summed E-state index contributed by atoms with van der Waals surface area (Å²) in [4.78, 5) is 148. The molecule has 2 aromatic carbocycles. The highest BCUT2D eigenvalue weighted by Crippen LogP contribution is 2.13. The first-order chi connectivity index (χ1) is 39.3. The average molecular weight is 1200 g/mol. The highest BCUT2D eigenvalue weighted by Gasteiger charge is 2.36. The van der Waals surface area contributed by atoms with Crippen molar-refractivity contribution in [2.24, 2.45) is 29.2 Å². The fourth-order valence-electron chi connectivity index (χ4n) is 8.17. The quantitative estimate of drug-likeness (QED) is 0.0237. The van der Waals surface area contributed by atoms with Crippen molar-refractivity contribution in [3.05, 3.63) is 71.8 Å². The first kappa shape index (κ1) is 72.3. The number of unbranched alkanes of at least 4 members (excludes halogenated alkanes) is 1. The maximum Gasteiger partial charge on any atom is 0.327 e. The topological polar surface area (TPSA) is 421 Å². The van der Waals surface area contributed by atoms with E-state index >= 15 is 0 Å². The third-order valence-electron chi connectivity index (χ3n) is 12.7. The average Bonchev–Trinajstić information content (AvgIpc) is 3.44. The fraction of sp³-hybridized carbons (Fsp3) is 0.582. The van der Waals surface area contributed by atoms with Gasteiger partial charge in [0.25, 0.3) is 0 Å². The second-order valence-electron chi connectivity index (χ2n) is 21.1. The number of carbonyl (C=O) groups excluding carboxylic acids is 10. The summed E-state index contributed by atoms with van der Waals surface area (Å²) < 4.78 is 0. The van der Waals surface area contributed by atoms with E-state index in [-0.39, 0.29) is 68.4 Å². The number of amides is 10. The van der Waals surface area contributed by atoms with Crippen LogP contribution in [0.2, 0.25) is 0 Å². The minimum absolute atomic E-state index is 0.00206. The first-order valence-corrected chi connectivity index (χ1v) is 28.7. The van der Waals surface area contributed by atoms with E-state index in [0.29, 0.717) is 17.5 Å². The van der Waals surface area contributed by atoms with Crippen molar-refractivity contribution in [2.75, 3.05) is 37.8 Å². The number of rotatable bonds is 38. The molecule has 2 aromatic rings. The van der Waals surface area contributed by atoms with Gasteiger partial charge in [-0.15, -0.1) is 0 Å². The Morgan fingerprint density at radius 1 is 0.470 bits per heavy atom. The lowest BCUT2D eigenvalue weighted by molar-refractivity contribution is -0.141. The fourth-order valence-corrected chi connectivity index (χ4v) is 8.58. The molecule has 0 saturated heterocycles. The van der Waals surface area contributed by atoms with Gasteiger partial charge in [-0.3, -0.25) is 47.9 Å². The summed E-state index contributed by atoms with van der Waals surface area (Å²) in [5, 5.41) is 55.5. The molecule has 0 heterocycles. The molecule has 462 valence electrons. The smallest absolute Gasteiger partial charge is 0.327 e. The first-order valence-electron chi connectivity index (χ1n) is 27.5. The molecule has 0 aliphatic carbocycles. The SMILES string of the molecule is CC(C)C[C@H](NC(=O)[C@H](CO)NC(=O)[C@H](CCCCN)NC(=O)[C@H](CO)NC(=O)[C@H](CC(C)C)NC(=O)[C@@H](Cc1ccccc1)NC(=O)CNC(=O)[C@@H](N)CS)C(=O)N[C@H](C(=O)N[C@@H](Cc1ccccc1)C(=O)N[C@@H](CS)C(=O)O)C(C)C. The van der Waals surface area contributed by atoms with Gasteiger partial charge in [0, 0.05) is 24.3 Å². The predicted octanol–water partition coefficient (Wildman–Crippen LogP) is -2.92. The van der Waals surface area contributed by atoms with E-state index in [2.05, 4.69) is 78.4 Å². The number of benzene rings is 2. The van der Waals surface area contributed by atoms with Gasteiger partial charge in [-0.05, 0) is 67.5 Å². The van der Waals surface area contributed by atoms with Gasteiger partial charge in [-0.2, -0.15) is 25.3 Å². The molecule has 0 aliphatic heterocycles. The summed E-state index contributed by atoms with van der Waals surface area (Å²) in [5.74, 6) is -11.2. The van der Waals surface area contributed by atoms with Crippen molar-refractivity contribution in [3.8, 4) is 0 Å². The van der Waals surface area contributed by atoms with Crippen molar-refractivity contribution >= 4 is 90.3 Å².